The van der Waals surface area contributed by atoms with Crippen LogP contribution < -0.4 is 19.9 Å². The summed E-state index contributed by atoms with van der Waals surface area (Å²) in [4.78, 5) is 0.143. The zero-order chi connectivity index (χ0) is 15.7. The molecule has 0 radical (unpaired) electrons. The van der Waals surface area contributed by atoms with Gasteiger partial charge in [-0.15, -0.1) is 0 Å². The Morgan fingerprint density at radius 3 is 2.43 bits per heavy atom. The molecule has 0 spiro atoms. The molecule has 1 fully saturated rings. The maximum absolute atomic E-state index is 12.4. The van der Waals surface area contributed by atoms with Crippen LogP contribution in [0.2, 0.25) is 0 Å². The highest BCUT2D eigenvalue weighted by molar-refractivity contribution is 7.89. The number of ether oxygens (including phenoxy) is 2. The van der Waals surface area contributed by atoms with Gasteiger partial charge in [0.2, 0.25) is 10.0 Å². The molecule has 1 aromatic rings. The van der Waals surface area contributed by atoms with Crippen LogP contribution in [0.1, 0.15) is 25.3 Å². The van der Waals surface area contributed by atoms with Crippen molar-refractivity contribution in [2.45, 2.75) is 31.2 Å². The zero-order valence-corrected chi connectivity index (χ0v) is 13.4. The van der Waals surface area contributed by atoms with E-state index in [4.69, 9.17) is 15.2 Å². The van der Waals surface area contributed by atoms with E-state index in [9.17, 15) is 8.42 Å². The number of methoxy groups -OCH3 is 2. The summed E-state index contributed by atoms with van der Waals surface area (Å²) in [6, 6.07) is 2.98. The Bertz CT molecular complexity index is 599. The molecule has 0 amide bonds. The SMILES string of the molecule is COc1cc(S(=O)(=O)NCC2(C)CC2)cc(CN)c1OC. The summed E-state index contributed by atoms with van der Waals surface area (Å²) in [5, 5.41) is 0. The lowest BCUT2D eigenvalue weighted by atomic mass is 10.2. The van der Waals surface area contributed by atoms with Crippen molar-refractivity contribution in [3.63, 3.8) is 0 Å². The van der Waals surface area contributed by atoms with Gasteiger partial charge in [-0.3, -0.25) is 0 Å². The highest BCUT2D eigenvalue weighted by Crippen LogP contribution is 2.44. The Hall–Kier alpha value is -1.31. The molecule has 0 heterocycles. The lowest BCUT2D eigenvalue weighted by Crippen LogP contribution is -2.29. The Kier molecular flexibility index (Phi) is 4.46. The smallest absolute Gasteiger partial charge is 0.240 e. The second kappa shape index (κ2) is 5.82. The van der Waals surface area contributed by atoms with Gasteiger partial charge >= 0.3 is 0 Å². The van der Waals surface area contributed by atoms with Crippen LogP contribution in [0.3, 0.4) is 0 Å². The van der Waals surface area contributed by atoms with Gasteiger partial charge in [0.05, 0.1) is 19.1 Å². The van der Waals surface area contributed by atoms with Crippen molar-refractivity contribution in [3.05, 3.63) is 17.7 Å². The largest absolute Gasteiger partial charge is 0.493 e. The van der Waals surface area contributed by atoms with E-state index in [2.05, 4.69) is 11.6 Å². The standard InChI is InChI=1S/C14H22N2O4S/c1-14(4-5-14)9-16-21(17,18)11-6-10(8-15)13(20-3)12(7-11)19-2/h6-7,16H,4-5,8-9,15H2,1-3H3. The Morgan fingerprint density at radius 2 is 1.95 bits per heavy atom. The van der Waals surface area contributed by atoms with Gasteiger partial charge in [0.1, 0.15) is 0 Å². The van der Waals surface area contributed by atoms with Gasteiger partial charge in [0.15, 0.2) is 11.5 Å². The molecule has 118 valence electrons. The van der Waals surface area contributed by atoms with Crippen LogP contribution >= 0.6 is 0 Å². The summed E-state index contributed by atoms with van der Waals surface area (Å²) in [5.74, 6) is 0.826. The highest BCUT2D eigenvalue weighted by Gasteiger charge is 2.38. The van der Waals surface area contributed by atoms with Gasteiger partial charge in [-0.1, -0.05) is 6.92 Å². The highest BCUT2D eigenvalue weighted by atomic mass is 32.2. The topological polar surface area (TPSA) is 90.7 Å². The molecule has 3 N–H and O–H groups in total. The average molecular weight is 314 g/mol. The van der Waals surface area contributed by atoms with Gasteiger partial charge in [-0.05, 0) is 24.3 Å². The molecule has 1 aliphatic rings. The molecule has 1 saturated carbocycles. The van der Waals surface area contributed by atoms with E-state index in [1.54, 1.807) is 0 Å². The summed E-state index contributed by atoms with van der Waals surface area (Å²) >= 11 is 0. The fraction of sp³-hybridized carbons (Fsp3) is 0.571. The second-order valence-electron chi connectivity index (χ2n) is 5.66. The maximum atomic E-state index is 12.4. The number of hydrogen-bond acceptors (Lipinski definition) is 5. The first-order valence-corrected chi connectivity index (χ1v) is 8.28. The molecule has 0 atom stereocenters. The van der Waals surface area contributed by atoms with Crippen molar-refractivity contribution in [2.75, 3.05) is 20.8 Å². The van der Waals surface area contributed by atoms with Crippen LogP contribution in [0.25, 0.3) is 0 Å². The van der Waals surface area contributed by atoms with E-state index in [0.717, 1.165) is 12.8 Å². The first-order valence-electron chi connectivity index (χ1n) is 6.80. The van der Waals surface area contributed by atoms with Crippen LogP contribution in [-0.4, -0.2) is 29.2 Å². The van der Waals surface area contributed by atoms with Crippen molar-refractivity contribution in [2.24, 2.45) is 11.1 Å². The Balaban J connectivity index is 2.33. The Labute approximate surface area is 125 Å². The van der Waals surface area contributed by atoms with Crippen molar-refractivity contribution in [3.8, 4) is 11.5 Å². The fourth-order valence-electron chi connectivity index (χ4n) is 2.06. The van der Waals surface area contributed by atoms with E-state index in [-0.39, 0.29) is 16.9 Å². The third-order valence-corrected chi connectivity index (χ3v) is 5.23. The quantitative estimate of drug-likeness (QED) is 0.790. The van der Waals surface area contributed by atoms with E-state index < -0.39 is 10.0 Å². The molecular weight excluding hydrogens is 292 g/mol. The van der Waals surface area contributed by atoms with Crippen LogP contribution in [0.15, 0.2) is 17.0 Å². The molecule has 0 unspecified atom stereocenters. The second-order valence-corrected chi connectivity index (χ2v) is 7.42. The van der Waals surface area contributed by atoms with Crippen molar-refractivity contribution in [1.29, 1.82) is 0 Å². The van der Waals surface area contributed by atoms with Gasteiger partial charge < -0.3 is 15.2 Å². The minimum atomic E-state index is -3.58. The molecule has 1 aliphatic carbocycles. The van der Waals surface area contributed by atoms with Gasteiger partial charge in [0.25, 0.3) is 0 Å². The van der Waals surface area contributed by atoms with Gasteiger partial charge in [-0.2, -0.15) is 0 Å². The predicted molar refractivity (Wildman–Crippen MR) is 80.0 cm³/mol. The number of nitrogens with two attached hydrogens (primary N) is 1. The first-order chi connectivity index (χ1) is 9.85. The fourth-order valence-corrected chi connectivity index (χ4v) is 3.33. The van der Waals surface area contributed by atoms with Crippen LogP contribution in [0.4, 0.5) is 0 Å². The molecule has 0 aliphatic heterocycles. The summed E-state index contributed by atoms with van der Waals surface area (Å²) in [6.07, 6.45) is 2.10. The number of hydrogen-bond donors (Lipinski definition) is 2. The monoisotopic (exact) mass is 314 g/mol. The minimum absolute atomic E-state index is 0.0975. The summed E-state index contributed by atoms with van der Waals surface area (Å²) in [5.41, 5.74) is 6.35. The number of rotatable bonds is 7. The third kappa shape index (κ3) is 3.48. The first kappa shape index (κ1) is 16.1. The molecule has 0 saturated heterocycles. The van der Waals surface area contributed by atoms with Gasteiger partial charge in [-0.25, -0.2) is 13.1 Å². The van der Waals surface area contributed by atoms with E-state index in [1.807, 2.05) is 0 Å². The summed E-state index contributed by atoms with van der Waals surface area (Å²) in [7, 11) is -0.622. The van der Waals surface area contributed by atoms with Crippen LogP contribution in [0.5, 0.6) is 11.5 Å². The average Bonchev–Trinajstić information content (AvgIpc) is 3.22. The molecule has 0 bridgehead atoms. The van der Waals surface area contributed by atoms with E-state index in [0.29, 0.717) is 23.6 Å². The zero-order valence-electron chi connectivity index (χ0n) is 12.6. The van der Waals surface area contributed by atoms with Crippen LogP contribution in [0, 0.1) is 5.41 Å². The normalized spacial score (nSPS) is 16.6. The minimum Gasteiger partial charge on any atom is -0.493 e. The molecular formula is C14H22N2O4S. The third-order valence-electron chi connectivity index (χ3n) is 3.85. The van der Waals surface area contributed by atoms with Gasteiger partial charge in [0, 0.05) is 24.7 Å². The van der Waals surface area contributed by atoms with E-state index >= 15 is 0 Å². The van der Waals surface area contributed by atoms with Crippen molar-refractivity contribution in [1.82, 2.24) is 4.72 Å². The summed E-state index contributed by atoms with van der Waals surface area (Å²) in [6.45, 7) is 2.68. The number of nitrogens with one attached hydrogen (secondary N) is 1. The van der Waals surface area contributed by atoms with Crippen molar-refractivity contribution >= 4 is 10.0 Å². The van der Waals surface area contributed by atoms with Crippen molar-refractivity contribution < 1.29 is 17.9 Å². The molecule has 2 rings (SSSR count). The molecule has 1 aromatic carbocycles. The lowest BCUT2D eigenvalue weighted by molar-refractivity contribution is 0.350. The maximum Gasteiger partial charge on any atom is 0.240 e. The number of sulfonamides is 1. The lowest BCUT2D eigenvalue weighted by Gasteiger charge is -2.15. The molecule has 6 nitrogen and oxygen atoms in total. The predicted octanol–water partition coefficient (Wildman–Crippen LogP) is 1.24. The van der Waals surface area contributed by atoms with E-state index in [1.165, 1.54) is 26.4 Å². The number of benzene rings is 1. The molecule has 7 heteroatoms. The molecule has 21 heavy (non-hydrogen) atoms. The molecule has 0 aromatic heterocycles. The summed E-state index contributed by atoms with van der Waals surface area (Å²) < 4.78 is 37.9. The van der Waals surface area contributed by atoms with Crippen LogP contribution in [-0.2, 0) is 16.6 Å². The Morgan fingerprint density at radius 1 is 1.29 bits per heavy atom.